The van der Waals surface area contributed by atoms with Gasteiger partial charge in [0, 0.05) is 4.88 Å². The molecule has 1 aromatic heterocycles. The highest BCUT2D eigenvalue weighted by atomic mass is 32.1. The Morgan fingerprint density at radius 3 is 2.31 bits per heavy atom. The van der Waals surface area contributed by atoms with E-state index in [9.17, 15) is 14.7 Å². The smallest absolute Gasteiger partial charge is 0.339 e. The van der Waals surface area contributed by atoms with Gasteiger partial charge in [0.1, 0.15) is 22.1 Å². The van der Waals surface area contributed by atoms with E-state index in [-0.39, 0.29) is 11.1 Å². The van der Waals surface area contributed by atoms with Crippen LogP contribution in [-0.2, 0) is 12.8 Å². The van der Waals surface area contributed by atoms with Crippen LogP contribution in [-0.4, -0.2) is 31.2 Å². The van der Waals surface area contributed by atoms with Crippen LogP contribution in [0.25, 0.3) is 0 Å². The maximum Gasteiger partial charge on any atom is 0.339 e. The molecule has 7 heteroatoms. The number of thiophene rings is 1. The number of fused-ring (bicyclic) bond motifs is 1. The molecule has 6 nitrogen and oxygen atoms in total. The van der Waals surface area contributed by atoms with Crippen LogP contribution < -0.4 is 14.8 Å². The van der Waals surface area contributed by atoms with Gasteiger partial charge in [0.25, 0.3) is 5.91 Å². The number of rotatable bonds is 5. The Morgan fingerprint density at radius 1 is 1.04 bits per heavy atom. The Bertz CT molecular complexity index is 820. The first kappa shape index (κ1) is 18.3. The number of carbonyl (C=O) groups is 2. The normalized spacial score (nSPS) is 13.5. The minimum absolute atomic E-state index is 0.217. The van der Waals surface area contributed by atoms with Crippen LogP contribution in [0.2, 0.25) is 0 Å². The first-order valence-corrected chi connectivity index (χ1v) is 9.28. The Hall–Kier alpha value is -2.54. The molecule has 1 aromatic carbocycles. The summed E-state index contributed by atoms with van der Waals surface area (Å²) >= 11 is 1.36. The topological polar surface area (TPSA) is 84.9 Å². The Morgan fingerprint density at radius 2 is 1.69 bits per heavy atom. The van der Waals surface area contributed by atoms with E-state index in [1.807, 2.05) is 0 Å². The molecule has 0 bridgehead atoms. The fourth-order valence-corrected chi connectivity index (χ4v) is 4.57. The van der Waals surface area contributed by atoms with Crippen LogP contribution >= 0.6 is 11.3 Å². The van der Waals surface area contributed by atoms with Gasteiger partial charge in [-0.2, -0.15) is 0 Å². The number of carboxylic acid groups (broad SMARTS) is 1. The zero-order valence-electron chi connectivity index (χ0n) is 14.8. The van der Waals surface area contributed by atoms with Crippen molar-refractivity contribution in [1.29, 1.82) is 0 Å². The Balaban J connectivity index is 2.00. The Labute approximate surface area is 155 Å². The summed E-state index contributed by atoms with van der Waals surface area (Å²) in [6, 6.07) is 5.06. The van der Waals surface area contributed by atoms with Gasteiger partial charge in [-0.05, 0) is 43.4 Å². The van der Waals surface area contributed by atoms with E-state index in [0.717, 1.165) is 42.5 Å². The molecule has 0 spiro atoms. The molecule has 1 aliphatic rings. The second-order valence-electron chi connectivity index (χ2n) is 6.07. The second-order valence-corrected chi connectivity index (χ2v) is 7.17. The van der Waals surface area contributed by atoms with Crippen molar-refractivity contribution >= 4 is 28.2 Å². The maximum atomic E-state index is 12.9. The van der Waals surface area contributed by atoms with Gasteiger partial charge in [0.05, 0.1) is 19.8 Å². The third-order valence-corrected chi connectivity index (χ3v) is 5.72. The number of aryl methyl sites for hydroxylation is 1. The summed E-state index contributed by atoms with van der Waals surface area (Å²) in [5.74, 6) is -0.710. The first-order valence-electron chi connectivity index (χ1n) is 8.47. The minimum atomic E-state index is -1.01. The van der Waals surface area contributed by atoms with E-state index < -0.39 is 11.9 Å². The monoisotopic (exact) mass is 375 g/mol. The molecule has 0 saturated heterocycles. The molecule has 0 unspecified atom stereocenters. The lowest BCUT2D eigenvalue weighted by molar-refractivity contribution is 0.0697. The lowest BCUT2D eigenvalue weighted by Gasteiger charge is -2.13. The zero-order valence-corrected chi connectivity index (χ0v) is 15.6. The summed E-state index contributed by atoms with van der Waals surface area (Å²) in [4.78, 5) is 25.8. The van der Waals surface area contributed by atoms with E-state index in [4.69, 9.17) is 9.47 Å². The van der Waals surface area contributed by atoms with Crippen LogP contribution in [0, 0.1) is 0 Å². The van der Waals surface area contributed by atoms with Gasteiger partial charge < -0.3 is 19.9 Å². The van der Waals surface area contributed by atoms with Gasteiger partial charge >= 0.3 is 5.97 Å². The van der Waals surface area contributed by atoms with Gasteiger partial charge in [-0.1, -0.05) is 12.5 Å². The minimum Gasteiger partial charge on any atom is -0.496 e. The third-order valence-electron chi connectivity index (χ3n) is 4.52. The van der Waals surface area contributed by atoms with Crippen molar-refractivity contribution < 1.29 is 24.2 Å². The highest BCUT2D eigenvalue weighted by Gasteiger charge is 2.27. The largest absolute Gasteiger partial charge is 0.496 e. The van der Waals surface area contributed by atoms with Crippen molar-refractivity contribution in [3.8, 4) is 11.5 Å². The summed E-state index contributed by atoms with van der Waals surface area (Å²) < 4.78 is 10.5. The van der Waals surface area contributed by atoms with Crippen molar-refractivity contribution in [2.45, 2.75) is 32.1 Å². The summed E-state index contributed by atoms with van der Waals surface area (Å²) in [5, 5.41) is 12.8. The number of amides is 1. The quantitative estimate of drug-likeness (QED) is 0.772. The van der Waals surface area contributed by atoms with E-state index in [0.29, 0.717) is 16.5 Å². The fourth-order valence-electron chi connectivity index (χ4n) is 3.30. The number of carbonyl (C=O) groups excluding carboxylic acids is 1. The number of benzene rings is 1. The SMILES string of the molecule is COc1cccc(OC)c1C(=O)Nc1sc2c(c1C(=O)O)CCCCC2. The lowest BCUT2D eigenvalue weighted by Crippen LogP contribution is -2.16. The van der Waals surface area contributed by atoms with Crippen LogP contribution in [0.4, 0.5) is 5.00 Å². The van der Waals surface area contributed by atoms with Crippen LogP contribution in [0.15, 0.2) is 18.2 Å². The molecule has 1 heterocycles. The molecule has 26 heavy (non-hydrogen) atoms. The van der Waals surface area contributed by atoms with Crippen molar-refractivity contribution in [3.63, 3.8) is 0 Å². The molecule has 138 valence electrons. The second kappa shape index (κ2) is 7.78. The van der Waals surface area contributed by atoms with E-state index in [2.05, 4.69) is 5.32 Å². The average Bonchev–Trinajstić information content (AvgIpc) is 2.81. The van der Waals surface area contributed by atoms with Gasteiger partial charge in [-0.3, -0.25) is 4.79 Å². The standard InChI is InChI=1S/C19H21NO5S/c1-24-12-8-6-9-13(25-2)16(12)17(21)20-18-15(19(22)23)11-7-4-3-5-10-14(11)26-18/h6,8-9H,3-5,7,10H2,1-2H3,(H,20,21)(H,22,23). The number of aromatic carboxylic acids is 1. The van der Waals surface area contributed by atoms with Crippen LogP contribution in [0.1, 0.15) is 50.4 Å². The summed E-state index contributed by atoms with van der Waals surface area (Å²) in [7, 11) is 2.95. The molecule has 0 radical (unpaired) electrons. The average molecular weight is 375 g/mol. The molecule has 1 aliphatic carbocycles. The molecule has 0 atom stereocenters. The molecule has 1 amide bonds. The van der Waals surface area contributed by atoms with Crippen molar-refractivity contribution in [3.05, 3.63) is 39.8 Å². The molecule has 2 N–H and O–H groups in total. The fraction of sp³-hybridized carbons (Fsp3) is 0.368. The molecule has 0 aliphatic heterocycles. The van der Waals surface area contributed by atoms with Crippen LogP contribution in [0.3, 0.4) is 0 Å². The third kappa shape index (κ3) is 3.39. The van der Waals surface area contributed by atoms with Gasteiger partial charge in [0.2, 0.25) is 0 Å². The number of hydrogen-bond acceptors (Lipinski definition) is 5. The maximum absolute atomic E-state index is 12.9. The van der Waals surface area contributed by atoms with Crippen molar-refractivity contribution in [1.82, 2.24) is 0 Å². The molecular formula is C19H21NO5S. The van der Waals surface area contributed by atoms with Gasteiger partial charge in [-0.15, -0.1) is 11.3 Å². The predicted octanol–water partition coefficient (Wildman–Crippen LogP) is 3.98. The highest BCUT2D eigenvalue weighted by molar-refractivity contribution is 7.17. The molecule has 2 aromatic rings. The molecule has 0 fully saturated rings. The van der Waals surface area contributed by atoms with Gasteiger partial charge in [0.15, 0.2) is 0 Å². The van der Waals surface area contributed by atoms with Crippen molar-refractivity contribution in [2.24, 2.45) is 0 Å². The number of carboxylic acids is 1. The van der Waals surface area contributed by atoms with Crippen molar-refractivity contribution in [2.75, 3.05) is 19.5 Å². The number of ether oxygens (including phenoxy) is 2. The number of hydrogen-bond donors (Lipinski definition) is 2. The zero-order chi connectivity index (χ0) is 18.7. The van der Waals surface area contributed by atoms with E-state index >= 15 is 0 Å². The number of nitrogens with one attached hydrogen (secondary N) is 1. The van der Waals surface area contributed by atoms with Gasteiger partial charge in [-0.25, -0.2) is 4.79 Å². The van der Waals surface area contributed by atoms with Crippen LogP contribution in [0.5, 0.6) is 11.5 Å². The molecule has 0 saturated carbocycles. The summed E-state index contributed by atoms with van der Waals surface area (Å²) in [6.07, 6.45) is 4.70. The lowest BCUT2D eigenvalue weighted by atomic mass is 10.1. The summed E-state index contributed by atoms with van der Waals surface area (Å²) in [6.45, 7) is 0. The Kier molecular flexibility index (Phi) is 5.46. The van der Waals surface area contributed by atoms with E-state index in [1.165, 1.54) is 25.6 Å². The van der Waals surface area contributed by atoms with E-state index in [1.54, 1.807) is 18.2 Å². The first-order chi connectivity index (χ1) is 12.6. The number of methoxy groups -OCH3 is 2. The highest BCUT2D eigenvalue weighted by Crippen LogP contribution is 2.38. The number of anilines is 1. The predicted molar refractivity (Wildman–Crippen MR) is 100 cm³/mol. The summed E-state index contributed by atoms with van der Waals surface area (Å²) in [5.41, 5.74) is 1.33. The molecular weight excluding hydrogens is 354 g/mol. The molecule has 3 rings (SSSR count).